The number of hydrogen-bond acceptors (Lipinski definition) is 6. The lowest BCUT2D eigenvalue weighted by Gasteiger charge is -2.18. The molecule has 0 saturated heterocycles. The number of allylic oxidation sites excluding steroid dienone is 30. The van der Waals surface area contributed by atoms with E-state index in [0.29, 0.717) is 25.7 Å². The molecule has 0 aromatic carbocycles. The summed E-state index contributed by atoms with van der Waals surface area (Å²) < 4.78 is 16.9. The minimum atomic E-state index is -0.818. The highest BCUT2D eigenvalue weighted by Crippen LogP contribution is 2.14. The molecule has 6 nitrogen and oxygen atoms in total. The minimum Gasteiger partial charge on any atom is -0.462 e. The molecular formula is C75H116O6. The van der Waals surface area contributed by atoms with Crippen molar-refractivity contribution in [2.75, 3.05) is 13.2 Å². The predicted molar refractivity (Wildman–Crippen MR) is 352 cm³/mol. The van der Waals surface area contributed by atoms with Gasteiger partial charge < -0.3 is 14.2 Å². The van der Waals surface area contributed by atoms with Gasteiger partial charge in [-0.1, -0.05) is 261 Å². The molecule has 0 heterocycles. The topological polar surface area (TPSA) is 78.9 Å². The maximum atomic E-state index is 12.9. The van der Waals surface area contributed by atoms with Crippen molar-refractivity contribution in [2.45, 2.75) is 258 Å². The van der Waals surface area contributed by atoms with Crippen molar-refractivity contribution in [2.24, 2.45) is 0 Å². The second-order valence-corrected chi connectivity index (χ2v) is 20.5. The zero-order valence-electron chi connectivity index (χ0n) is 51.7. The molecule has 0 aromatic heterocycles. The van der Waals surface area contributed by atoms with E-state index in [1.54, 1.807) is 0 Å². The SMILES string of the molecule is CC/C=C\C/C=C\C/C=C\C/C=C\C/C=C\C/C=C\C/C=C\C/C=C\CCCCCCCCC(=O)OCC(COC(=O)CCCC/C=C\C/C=C\C/C=C\C/C=C\CC)OC(=O)CCCCCCCCC/C=C\C/C=C\C/C=C\CC. The van der Waals surface area contributed by atoms with E-state index in [0.717, 1.165) is 173 Å². The molecule has 6 heteroatoms. The number of unbranched alkanes of at least 4 members (excludes halogenated alkanes) is 15. The molecule has 0 bridgehead atoms. The number of esters is 3. The molecule has 0 aliphatic heterocycles. The zero-order valence-corrected chi connectivity index (χ0v) is 51.7. The van der Waals surface area contributed by atoms with Gasteiger partial charge in [0, 0.05) is 19.3 Å². The summed E-state index contributed by atoms with van der Waals surface area (Å²) >= 11 is 0. The standard InChI is InChI=1S/C75H116O6/c1-4-7-10-13-16-19-22-25-28-30-31-32-33-34-35-36-37-38-39-40-41-42-43-45-47-50-53-56-59-62-65-68-74(77)80-71-72(70-79-73(76)67-64-61-58-55-52-49-46-27-24-21-18-15-12-9-6-3)81-75(78)69-66-63-60-57-54-51-48-44-29-26-23-20-17-14-11-8-5-2/h7-12,16-21,25-29,31-32,34-35,37-38,40-41,43,45-46,52,55,72H,4-6,13-15,22-24,30,33,36,39,42,44,47-51,53-54,56-71H2,1-3H3/b10-7-,11-8-,12-9-,19-16-,20-17-,21-18-,28-25-,29-26-,32-31-,35-34-,38-37-,41-40-,45-43-,46-27-,55-52-. The fourth-order valence-electron chi connectivity index (χ4n) is 8.17. The number of carbonyl (C=O) groups excluding carboxylic acids is 3. The van der Waals surface area contributed by atoms with Gasteiger partial charge in [-0.15, -0.1) is 0 Å². The number of hydrogen-bond donors (Lipinski definition) is 0. The fourth-order valence-corrected chi connectivity index (χ4v) is 8.17. The molecule has 0 spiro atoms. The summed E-state index contributed by atoms with van der Waals surface area (Å²) in [6.07, 6.45) is 100. The van der Waals surface area contributed by atoms with Gasteiger partial charge in [0.2, 0.25) is 0 Å². The maximum absolute atomic E-state index is 12.9. The van der Waals surface area contributed by atoms with Crippen LogP contribution in [0.2, 0.25) is 0 Å². The van der Waals surface area contributed by atoms with Crippen molar-refractivity contribution in [3.05, 3.63) is 182 Å². The quantitative estimate of drug-likeness (QED) is 0.0261. The maximum Gasteiger partial charge on any atom is 0.306 e. The second kappa shape index (κ2) is 67.0. The second-order valence-electron chi connectivity index (χ2n) is 20.5. The normalized spacial score (nSPS) is 13.4. The largest absolute Gasteiger partial charge is 0.462 e. The van der Waals surface area contributed by atoms with Gasteiger partial charge in [0.25, 0.3) is 0 Å². The summed E-state index contributed by atoms with van der Waals surface area (Å²) in [4.78, 5) is 38.3. The van der Waals surface area contributed by atoms with E-state index >= 15 is 0 Å². The first-order valence-corrected chi connectivity index (χ1v) is 32.3. The molecule has 1 atom stereocenters. The summed E-state index contributed by atoms with van der Waals surface area (Å²) in [6.45, 7) is 6.23. The summed E-state index contributed by atoms with van der Waals surface area (Å²) in [6, 6.07) is 0. The molecule has 0 aliphatic rings. The Morgan fingerprint density at radius 3 is 0.716 bits per heavy atom. The van der Waals surface area contributed by atoms with Crippen LogP contribution in [-0.2, 0) is 28.6 Å². The van der Waals surface area contributed by atoms with Crippen LogP contribution < -0.4 is 0 Å². The van der Waals surface area contributed by atoms with E-state index in [1.807, 2.05) is 0 Å². The average molecular weight is 1110 g/mol. The Bertz CT molecular complexity index is 1900. The molecule has 0 aliphatic carbocycles. The van der Waals surface area contributed by atoms with Crippen LogP contribution in [0, 0.1) is 0 Å². The summed E-state index contributed by atoms with van der Waals surface area (Å²) in [7, 11) is 0. The van der Waals surface area contributed by atoms with E-state index in [-0.39, 0.29) is 31.1 Å². The minimum absolute atomic E-state index is 0.112. The van der Waals surface area contributed by atoms with E-state index in [2.05, 4.69) is 203 Å². The molecular weight excluding hydrogens is 997 g/mol. The van der Waals surface area contributed by atoms with E-state index < -0.39 is 6.10 Å². The molecule has 1 unspecified atom stereocenters. The third-order valence-corrected chi connectivity index (χ3v) is 12.9. The van der Waals surface area contributed by atoms with Crippen LogP contribution in [0.1, 0.15) is 252 Å². The van der Waals surface area contributed by atoms with E-state index in [9.17, 15) is 14.4 Å². The predicted octanol–water partition coefficient (Wildman–Crippen LogP) is 22.4. The lowest BCUT2D eigenvalue weighted by molar-refractivity contribution is -0.167. The molecule has 81 heavy (non-hydrogen) atoms. The monoisotopic (exact) mass is 1110 g/mol. The van der Waals surface area contributed by atoms with Crippen molar-refractivity contribution in [3.8, 4) is 0 Å². The van der Waals surface area contributed by atoms with E-state index in [1.165, 1.54) is 32.1 Å². The Labute approximate surface area is 497 Å². The van der Waals surface area contributed by atoms with Crippen LogP contribution in [0.5, 0.6) is 0 Å². The Morgan fingerprint density at radius 1 is 0.247 bits per heavy atom. The van der Waals surface area contributed by atoms with Gasteiger partial charge in [-0.05, 0) is 154 Å². The van der Waals surface area contributed by atoms with Crippen LogP contribution in [0.15, 0.2) is 182 Å². The zero-order chi connectivity index (χ0) is 58.5. The average Bonchev–Trinajstić information content (AvgIpc) is 3.47. The number of carbonyl (C=O) groups is 3. The first kappa shape index (κ1) is 75.5. The smallest absolute Gasteiger partial charge is 0.306 e. The highest BCUT2D eigenvalue weighted by Gasteiger charge is 2.19. The van der Waals surface area contributed by atoms with Gasteiger partial charge in [-0.25, -0.2) is 0 Å². The molecule has 0 amide bonds. The number of rotatable bonds is 56. The molecule has 0 radical (unpaired) electrons. The summed E-state index contributed by atoms with van der Waals surface area (Å²) in [5.74, 6) is -0.985. The molecule has 452 valence electrons. The van der Waals surface area contributed by atoms with Crippen molar-refractivity contribution in [1.29, 1.82) is 0 Å². The highest BCUT2D eigenvalue weighted by molar-refractivity contribution is 5.71. The Kier molecular flexibility index (Phi) is 62.5. The van der Waals surface area contributed by atoms with Crippen LogP contribution >= 0.6 is 0 Å². The first-order valence-electron chi connectivity index (χ1n) is 32.3. The number of ether oxygens (including phenoxy) is 3. The van der Waals surface area contributed by atoms with Crippen LogP contribution in [0.3, 0.4) is 0 Å². The van der Waals surface area contributed by atoms with Crippen LogP contribution in [-0.4, -0.2) is 37.2 Å². The third-order valence-electron chi connectivity index (χ3n) is 12.9. The Balaban J connectivity index is 4.43. The Morgan fingerprint density at radius 2 is 0.444 bits per heavy atom. The molecule has 0 aromatic rings. The molecule has 0 N–H and O–H groups in total. The molecule has 0 rings (SSSR count). The van der Waals surface area contributed by atoms with Gasteiger partial charge in [0.15, 0.2) is 6.10 Å². The lowest BCUT2D eigenvalue weighted by atomic mass is 10.1. The van der Waals surface area contributed by atoms with E-state index in [4.69, 9.17) is 14.2 Å². The van der Waals surface area contributed by atoms with Crippen molar-refractivity contribution >= 4 is 17.9 Å². The van der Waals surface area contributed by atoms with Gasteiger partial charge in [-0.3, -0.25) is 14.4 Å². The van der Waals surface area contributed by atoms with Gasteiger partial charge in [0.1, 0.15) is 13.2 Å². The third kappa shape index (κ3) is 65.2. The summed E-state index contributed by atoms with van der Waals surface area (Å²) in [5, 5.41) is 0. The van der Waals surface area contributed by atoms with Crippen LogP contribution in [0.4, 0.5) is 0 Å². The Hall–Kier alpha value is -5.49. The van der Waals surface area contributed by atoms with Gasteiger partial charge in [0.05, 0.1) is 0 Å². The molecule has 0 fully saturated rings. The molecule has 0 saturated carbocycles. The fraction of sp³-hybridized carbons (Fsp3) is 0.560. The van der Waals surface area contributed by atoms with Crippen LogP contribution in [0.25, 0.3) is 0 Å². The van der Waals surface area contributed by atoms with Crippen molar-refractivity contribution in [1.82, 2.24) is 0 Å². The van der Waals surface area contributed by atoms with Gasteiger partial charge in [-0.2, -0.15) is 0 Å². The summed E-state index contributed by atoms with van der Waals surface area (Å²) in [5.41, 5.74) is 0. The highest BCUT2D eigenvalue weighted by atomic mass is 16.6. The first-order chi connectivity index (χ1) is 40.0. The van der Waals surface area contributed by atoms with Gasteiger partial charge >= 0.3 is 17.9 Å². The lowest BCUT2D eigenvalue weighted by Crippen LogP contribution is -2.30. The van der Waals surface area contributed by atoms with Crippen molar-refractivity contribution < 1.29 is 28.6 Å². The van der Waals surface area contributed by atoms with Crippen molar-refractivity contribution in [3.63, 3.8) is 0 Å².